The molecule has 0 aromatic heterocycles. The van der Waals surface area contributed by atoms with E-state index < -0.39 is 5.54 Å². The molecule has 7 nitrogen and oxygen atoms in total. The average Bonchev–Trinajstić information content (AvgIpc) is 2.45. The zero-order valence-corrected chi connectivity index (χ0v) is 13.5. The van der Waals surface area contributed by atoms with E-state index in [4.69, 9.17) is 19.9 Å². The van der Waals surface area contributed by atoms with Gasteiger partial charge in [-0.05, 0) is 13.8 Å². The Morgan fingerprint density at radius 1 is 0.909 bits per heavy atom. The number of rotatable bonds is 15. The smallest absolute Gasteiger partial charge is 0.132 e. The second kappa shape index (κ2) is 12.4. The molecule has 0 amide bonds. The highest BCUT2D eigenvalue weighted by atomic mass is 16.5. The first kappa shape index (κ1) is 20.9. The molecule has 7 heteroatoms. The summed E-state index contributed by atoms with van der Waals surface area (Å²) in [5.41, 5.74) is 5.30. The molecule has 0 aromatic rings. The van der Waals surface area contributed by atoms with Crippen molar-refractivity contribution in [2.75, 3.05) is 39.6 Å². The zero-order valence-electron chi connectivity index (χ0n) is 13.5. The highest BCUT2D eigenvalue weighted by molar-refractivity contribution is 5.75. The van der Waals surface area contributed by atoms with Gasteiger partial charge in [0.05, 0.1) is 45.2 Å². The molecular weight excluding hydrogens is 290 g/mol. The van der Waals surface area contributed by atoms with Crippen LogP contribution in [0.1, 0.15) is 33.1 Å². The summed E-state index contributed by atoms with van der Waals surface area (Å²) in [5.74, 6) is 0.0881. The molecule has 2 N–H and O–H groups in total. The molecule has 0 aromatic carbocycles. The molecule has 22 heavy (non-hydrogen) atoms. The first-order valence-electron chi connectivity index (χ1n) is 7.34. The van der Waals surface area contributed by atoms with Crippen molar-refractivity contribution in [2.45, 2.75) is 38.6 Å². The Morgan fingerprint density at radius 2 is 1.32 bits per heavy atom. The summed E-state index contributed by atoms with van der Waals surface area (Å²) in [6, 6.07) is 0. The molecule has 0 rings (SSSR count). The molecule has 0 bridgehead atoms. The van der Waals surface area contributed by atoms with E-state index in [2.05, 4.69) is 0 Å². The third-order valence-electron chi connectivity index (χ3n) is 2.75. The van der Waals surface area contributed by atoms with Crippen molar-refractivity contribution < 1.29 is 28.6 Å². The average molecular weight is 317 g/mol. The summed E-state index contributed by atoms with van der Waals surface area (Å²) in [5, 5.41) is 0. The number of carbonyl (C=O) groups is 3. The van der Waals surface area contributed by atoms with Crippen LogP contribution in [-0.4, -0.2) is 63.0 Å². The maximum atomic E-state index is 10.9. The van der Waals surface area contributed by atoms with Gasteiger partial charge in [-0.1, -0.05) is 0 Å². The summed E-state index contributed by atoms with van der Waals surface area (Å²) < 4.78 is 16.2. The van der Waals surface area contributed by atoms with Gasteiger partial charge in [0, 0.05) is 19.3 Å². The molecule has 0 aliphatic rings. The van der Waals surface area contributed by atoms with E-state index >= 15 is 0 Å². The fourth-order valence-corrected chi connectivity index (χ4v) is 1.51. The van der Waals surface area contributed by atoms with Crippen molar-refractivity contribution in [3.05, 3.63) is 0 Å². The van der Waals surface area contributed by atoms with Gasteiger partial charge in [0.2, 0.25) is 0 Å². The highest BCUT2D eigenvalue weighted by Gasteiger charge is 2.26. The van der Waals surface area contributed by atoms with Gasteiger partial charge in [-0.15, -0.1) is 0 Å². The monoisotopic (exact) mass is 317 g/mol. The van der Waals surface area contributed by atoms with Gasteiger partial charge in [-0.25, -0.2) is 0 Å². The number of ether oxygens (including phenoxy) is 3. The van der Waals surface area contributed by atoms with Crippen LogP contribution in [0, 0.1) is 0 Å². The van der Waals surface area contributed by atoms with Gasteiger partial charge in [0.1, 0.15) is 17.9 Å². The quantitative estimate of drug-likeness (QED) is 0.341. The summed E-state index contributed by atoms with van der Waals surface area (Å²) >= 11 is 0. The van der Waals surface area contributed by atoms with E-state index in [1.54, 1.807) is 0 Å². The topological polar surface area (TPSA) is 105 Å². The van der Waals surface area contributed by atoms with Gasteiger partial charge < -0.3 is 24.7 Å². The van der Waals surface area contributed by atoms with E-state index in [1.165, 1.54) is 13.8 Å². The molecule has 0 aliphatic carbocycles. The third kappa shape index (κ3) is 12.6. The maximum absolute atomic E-state index is 10.9. The minimum Gasteiger partial charge on any atom is -0.379 e. The summed E-state index contributed by atoms with van der Waals surface area (Å²) in [6.07, 6.45) is 1.72. The Balaban J connectivity index is 4.17. The lowest BCUT2D eigenvalue weighted by atomic mass is 10.1. The van der Waals surface area contributed by atoms with Crippen molar-refractivity contribution in [2.24, 2.45) is 5.73 Å². The fraction of sp³-hybridized carbons (Fsp3) is 0.800. The Hall–Kier alpha value is -1.15. The molecule has 0 atom stereocenters. The van der Waals surface area contributed by atoms with Crippen LogP contribution in [0.4, 0.5) is 0 Å². The Bertz CT molecular complexity index is 323. The molecule has 0 saturated carbocycles. The van der Waals surface area contributed by atoms with E-state index in [0.29, 0.717) is 19.3 Å². The van der Waals surface area contributed by atoms with Crippen molar-refractivity contribution in [3.8, 4) is 0 Å². The first-order valence-corrected chi connectivity index (χ1v) is 7.34. The lowest BCUT2D eigenvalue weighted by Crippen LogP contribution is -2.53. The second-order valence-electron chi connectivity index (χ2n) is 5.38. The number of carbonyl (C=O) groups excluding carboxylic acids is 3. The summed E-state index contributed by atoms with van der Waals surface area (Å²) in [4.78, 5) is 32.0. The number of ketones is 2. The zero-order chi connectivity index (χ0) is 16.8. The van der Waals surface area contributed by atoms with Gasteiger partial charge in [-0.2, -0.15) is 0 Å². The maximum Gasteiger partial charge on any atom is 0.132 e. The Kier molecular flexibility index (Phi) is 11.8. The number of nitrogens with two attached hydrogens (primary N) is 1. The normalized spacial score (nSPS) is 11.4. The predicted octanol–water partition coefficient (Wildman–Crippen LogP) is 0.281. The molecule has 0 heterocycles. The Labute approximate surface area is 131 Å². The van der Waals surface area contributed by atoms with E-state index in [9.17, 15) is 14.4 Å². The molecule has 0 aliphatic heterocycles. The fourth-order valence-electron chi connectivity index (χ4n) is 1.51. The van der Waals surface area contributed by atoms with E-state index in [0.717, 1.165) is 6.29 Å². The summed E-state index contributed by atoms with van der Waals surface area (Å²) in [6.45, 7) is 4.35. The molecular formula is C15H27NO6. The van der Waals surface area contributed by atoms with Crippen LogP contribution < -0.4 is 5.73 Å². The van der Waals surface area contributed by atoms with E-state index in [1.807, 2.05) is 0 Å². The van der Waals surface area contributed by atoms with Gasteiger partial charge in [0.25, 0.3) is 0 Å². The van der Waals surface area contributed by atoms with Crippen LogP contribution in [0.15, 0.2) is 0 Å². The van der Waals surface area contributed by atoms with Crippen LogP contribution in [0.3, 0.4) is 0 Å². The van der Waals surface area contributed by atoms with Crippen molar-refractivity contribution in [1.82, 2.24) is 0 Å². The highest BCUT2D eigenvalue weighted by Crippen LogP contribution is 2.06. The predicted molar refractivity (Wildman–Crippen MR) is 80.7 cm³/mol. The molecule has 0 saturated heterocycles. The van der Waals surface area contributed by atoms with Crippen LogP contribution in [0.25, 0.3) is 0 Å². The van der Waals surface area contributed by atoms with Crippen LogP contribution in [0.5, 0.6) is 0 Å². The number of hydrogen-bond acceptors (Lipinski definition) is 7. The van der Waals surface area contributed by atoms with E-state index in [-0.39, 0.29) is 51.2 Å². The van der Waals surface area contributed by atoms with Gasteiger partial charge in [0.15, 0.2) is 0 Å². The van der Waals surface area contributed by atoms with Crippen LogP contribution >= 0.6 is 0 Å². The largest absolute Gasteiger partial charge is 0.379 e. The van der Waals surface area contributed by atoms with Crippen molar-refractivity contribution in [3.63, 3.8) is 0 Å². The second-order valence-corrected chi connectivity index (χ2v) is 5.38. The van der Waals surface area contributed by atoms with Gasteiger partial charge >= 0.3 is 0 Å². The third-order valence-corrected chi connectivity index (χ3v) is 2.75. The lowest BCUT2D eigenvalue weighted by molar-refractivity contribution is -0.118. The number of hydrogen-bond donors (Lipinski definition) is 1. The van der Waals surface area contributed by atoms with Crippen molar-refractivity contribution >= 4 is 17.9 Å². The number of Topliss-reactive ketones (excluding diaryl/α,β-unsaturated/α-hetero) is 2. The molecule has 0 fully saturated rings. The summed E-state index contributed by atoms with van der Waals surface area (Å²) in [7, 11) is 0. The molecule has 128 valence electrons. The number of aldehydes is 1. The minimum atomic E-state index is -0.879. The van der Waals surface area contributed by atoms with Gasteiger partial charge in [-0.3, -0.25) is 9.59 Å². The SMILES string of the molecule is CC(=O)CCOCC(N)(COCCC=O)COCCC(C)=O. The first-order chi connectivity index (χ1) is 10.4. The Morgan fingerprint density at radius 3 is 1.68 bits per heavy atom. The van der Waals surface area contributed by atoms with Crippen LogP contribution in [-0.2, 0) is 28.6 Å². The van der Waals surface area contributed by atoms with Crippen LogP contribution in [0.2, 0.25) is 0 Å². The molecule has 0 spiro atoms. The molecule has 0 radical (unpaired) electrons. The molecule has 0 unspecified atom stereocenters. The van der Waals surface area contributed by atoms with Crippen molar-refractivity contribution in [1.29, 1.82) is 0 Å². The lowest BCUT2D eigenvalue weighted by Gasteiger charge is -2.28. The minimum absolute atomic E-state index is 0.0440. The standard InChI is InChI=1S/C15H27NO6/c1-13(18)4-8-21-11-15(16,10-20-7-3-6-17)12-22-9-5-14(2)19/h6H,3-5,7-12,16H2,1-2H3.